The molecule has 26 heavy (non-hydrogen) atoms. The Labute approximate surface area is 158 Å². The second-order valence-corrected chi connectivity index (χ2v) is 6.89. The third-order valence-electron chi connectivity index (χ3n) is 4.69. The van der Waals surface area contributed by atoms with E-state index >= 15 is 0 Å². The van der Waals surface area contributed by atoms with Gasteiger partial charge in [0.25, 0.3) is 0 Å². The lowest BCUT2D eigenvalue weighted by molar-refractivity contribution is 0.203. The Hall–Kier alpha value is -1.82. The molecule has 1 aliphatic heterocycles. The number of hydrogen-bond acceptors (Lipinski definition) is 4. The summed E-state index contributed by atoms with van der Waals surface area (Å²) in [5.41, 5.74) is 1.12. The molecule has 1 fully saturated rings. The minimum Gasteiger partial charge on any atom is -0.478 e. The molecule has 1 aromatic rings. The van der Waals surface area contributed by atoms with Crippen LogP contribution in [0.4, 0.5) is 0 Å². The number of guanidine groups is 1. The largest absolute Gasteiger partial charge is 0.478 e. The normalized spacial score (nSPS) is 16.5. The number of aliphatic imine (C=N–C) groups is 1. The molecule has 1 aromatic heterocycles. The maximum atomic E-state index is 5.52. The highest BCUT2D eigenvalue weighted by molar-refractivity contribution is 5.79. The Morgan fingerprint density at radius 2 is 2.08 bits per heavy atom. The number of unbranched alkanes of at least 4 members (excludes halogenated alkanes) is 1. The molecule has 6 heteroatoms. The summed E-state index contributed by atoms with van der Waals surface area (Å²) < 4.78 is 5.52. The maximum absolute atomic E-state index is 5.52. The third-order valence-corrected chi connectivity index (χ3v) is 4.69. The van der Waals surface area contributed by atoms with Crippen molar-refractivity contribution in [2.75, 3.05) is 33.3 Å². The first-order chi connectivity index (χ1) is 12.7. The first kappa shape index (κ1) is 20.5. The van der Waals surface area contributed by atoms with Gasteiger partial charge in [0.1, 0.15) is 0 Å². The standard InChI is InChI=1S/C20H35N5O/c1-4-6-11-25-12-9-18(10-13-25)24-20(21-3)23-16-17-7-8-19(22-15-17)26-14-5-2/h7-8,15,18H,4-6,9-14,16H2,1-3H3,(H2,21,23,24). The van der Waals surface area contributed by atoms with Crippen LogP contribution in [-0.4, -0.2) is 55.2 Å². The molecule has 2 heterocycles. The summed E-state index contributed by atoms with van der Waals surface area (Å²) in [6, 6.07) is 4.47. The summed E-state index contributed by atoms with van der Waals surface area (Å²) in [5, 5.41) is 6.94. The number of piperidine rings is 1. The average Bonchev–Trinajstić information content (AvgIpc) is 2.69. The molecule has 0 aliphatic carbocycles. The zero-order valence-electron chi connectivity index (χ0n) is 16.6. The molecule has 0 spiro atoms. The zero-order valence-corrected chi connectivity index (χ0v) is 16.6. The van der Waals surface area contributed by atoms with E-state index in [0.29, 0.717) is 25.1 Å². The van der Waals surface area contributed by atoms with E-state index in [1.165, 1.54) is 45.3 Å². The van der Waals surface area contributed by atoms with E-state index in [9.17, 15) is 0 Å². The molecule has 1 saturated heterocycles. The molecule has 146 valence electrons. The Kier molecular flexibility index (Phi) is 9.24. The SMILES string of the molecule is CCCCN1CCC(NC(=NC)NCc2ccc(OCCC)nc2)CC1. The van der Waals surface area contributed by atoms with Crippen molar-refractivity contribution in [3.05, 3.63) is 23.9 Å². The van der Waals surface area contributed by atoms with Gasteiger partial charge in [0.05, 0.1) is 6.61 Å². The molecule has 1 aliphatic rings. The fourth-order valence-corrected chi connectivity index (χ4v) is 3.06. The van der Waals surface area contributed by atoms with E-state index in [4.69, 9.17) is 4.74 Å². The van der Waals surface area contributed by atoms with Crippen molar-refractivity contribution in [1.29, 1.82) is 0 Å². The topological polar surface area (TPSA) is 61.8 Å². The highest BCUT2D eigenvalue weighted by atomic mass is 16.5. The van der Waals surface area contributed by atoms with E-state index in [-0.39, 0.29) is 0 Å². The number of rotatable bonds is 9. The van der Waals surface area contributed by atoms with Crippen LogP contribution in [0.15, 0.2) is 23.3 Å². The van der Waals surface area contributed by atoms with Crippen molar-refractivity contribution in [2.24, 2.45) is 4.99 Å². The predicted molar refractivity (Wildman–Crippen MR) is 108 cm³/mol. The van der Waals surface area contributed by atoms with Crippen LogP contribution >= 0.6 is 0 Å². The molecule has 6 nitrogen and oxygen atoms in total. The Balaban J connectivity index is 1.71. The van der Waals surface area contributed by atoms with Gasteiger partial charge in [-0.25, -0.2) is 4.98 Å². The fourth-order valence-electron chi connectivity index (χ4n) is 3.06. The summed E-state index contributed by atoms with van der Waals surface area (Å²) in [6.07, 6.45) is 7.78. The summed E-state index contributed by atoms with van der Waals surface area (Å²) in [7, 11) is 1.83. The third kappa shape index (κ3) is 7.20. The van der Waals surface area contributed by atoms with Gasteiger partial charge in [0.15, 0.2) is 5.96 Å². The molecule has 0 radical (unpaired) electrons. The van der Waals surface area contributed by atoms with E-state index in [0.717, 1.165) is 17.9 Å². The smallest absolute Gasteiger partial charge is 0.213 e. The molecular weight excluding hydrogens is 326 g/mol. The van der Waals surface area contributed by atoms with Crippen molar-refractivity contribution >= 4 is 5.96 Å². The van der Waals surface area contributed by atoms with Crippen LogP contribution in [0.3, 0.4) is 0 Å². The van der Waals surface area contributed by atoms with Gasteiger partial charge >= 0.3 is 0 Å². The van der Waals surface area contributed by atoms with Gasteiger partial charge in [-0.3, -0.25) is 4.99 Å². The fraction of sp³-hybridized carbons (Fsp3) is 0.700. The Morgan fingerprint density at radius 1 is 1.27 bits per heavy atom. The lowest BCUT2D eigenvalue weighted by Gasteiger charge is -2.33. The number of ether oxygens (including phenoxy) is 1. The monoisotopic (exact) mass is 361 g/mol. The number of aromatic nitrogens is 1. The predicted octanol–water partition coefficient (Wildman–Crippen LogP) is 2.80. The lowest BCUT2D eigenvalue weighted by Crippen LogP contribution is -2.48. The van der Waals surface area contributed by atoms with E-state index < -0.39 is 0 Å². The van der Waals surface area contributed by atoms with Crippen LogP contribution in [0.25, 0.3) is 0 Å². The van der Waals surface area contributed by atoms with Crippen molar-refractivity contribution in [2.45, 2.75) is 58.5 Å². The number of nitrogens with zero attached hydrogens (tertiary/aromatic N) is 3. The summed E-state index contributed by atoms with van der Waals surface area (Å²) in [5.74, 6) is 1.55. The van der Waals surface area contributed by atoms with Gasteiger partial charge in [0, 0.05) is 45.0 Å². The average molecular weight is 362 g/mol. The van der Waals surface area contributed by atoms with E-state index in [1.54, 1.807) is 0 Å². The summed E-state index contributed by atoms with van der Waals surface area (Å²) >= 11 is 0. The molecule has 0 aromatic carbocycles. The van der Waals surface area contributed by atoms with Crippen LogP contribution < -0.4 is 15.4 Å². The number of likely N-dealkylation sites (tertiary alicyclic amines) is 1. The van der Waals surface area contributed by atoms with Crippen molar-refractivity contribution < 1.29 is 4.74 Å². The van der Waals surface area contributed by atoms with Crippen LogP contribution in [0.2, 0.25) is 0 Å². The van der Waals surface area contributed by atoms with Crippen molar-refractivity contribution in [3.63, 3.8) is 0 Å². The lowest BCUT2D eigenvalue weighted by atomic mass is 10.0. The second-order valence-electron chi connectivity index (χ2n) is 6.89. The van der Waals surface area contributed by atoms with Gasteiger partial charge < -0.3 is 20.3 Å². The van der Waals surface area contributed by atoms with Crippen LogP contribution in [0.5, 0.6) is 5.88 Å². The van der Waals surface area contributed by atoms with E-state index in [2.05, 4.69) is 39.4 Å². The van der Waals surface area contributed by atoms with Gasteiger partial charge in [-0.1, -0.05) is 26.3 Å². The highest BCUT2D eigenvalue weighted by Crippen LogP contribution is 2.11. The molecule has 2 N–H and O–H groups in total. The second kappa shape index (κ2) is 11.7. The molecule has 0 bridgehead atoms. The van der Waals surface area contributed by atoms with Crippen LogP contribution in [-0.2, 0) is 6.54 Å². The Morgan fingerprint density at radius 3 is 2.69 bits per heavy atom. The van der Waals surface area contributed by atoms with Gasteiger partial charge in [-0.2, -0.15) is 0 Å². The highest BCUT2D eigenvalue weighted by Gasteiger charge is 2.19. The minimum absolute atomic E-state index is 0.502. The molecule has 0 unspecified atom stereocenters. The van der Waals surface area contributed by atoms with E-state index in [1.807, 2.05) is 25.4 Å². The summed E-state index contributed by atoms with van der Waals surface area (Å²) in [4.78, 5) is 11.3. The van der Waals surface area contributed by atoms with Crippen LogP contribution in [0, 0.1) is 0 Å². The minimum atomic E-state index is 0.502. The van der Waals surface area contributed by atoms with Gasteiger partial charge in [0.2, 0.25) is 5.88 Å². The van der Waals surface area contributed by atoms with Gasteiger partial charge in [-0.05, 0) is 37.8 Å². The zero-order chi connectivity index (χ0) is 18.6. The first-order valence-electron chi connectivity index (χ1n) is 10.0. The summed E-state index contributed by atoms with van der Waals surface area (Å²) in [6.45, 7) is 9.35. The molecule has 0 saturated carbocycles. The molecular formula is C20H35N5O. The number of pyridine rings is 1. The first-order valence-corrected chi connectivity index (χ1v) is 10.0. The maximum Gasteiger partial charge on any atom is 0.213 e. The van der Waals surface area contributed by atoms with Crippen molar-refractivity contribution in [3.8, 4) is 5.88 Å². The number of hydrogen-bond donors (Lipinski definition) is 2. The molecule has 0 atom stereocenters. The quantitative estimate of drug-likeness (QED) is 0.523. The van der Waals surface area contributed by atoms with Gasteiger partial charge in [-0.15, -0.1) is 0 Å². The van der Waals surface area contributed by atoms with Crippen LogP contribution in [0.1, 0.15) is 51.5 Å². The molecule has 2 rings (SSSR count). The van der Waals surface area contributed by atoms with Crippen molar-refractivity contribution in [1.82, 2.24) is 20.5 Å². The Bertz CT molecular complexity index is 524. The molecule has 0 amide bonds. The number of nitrogens with one attached hydrogen (secondary N) is 2.